The Labute approximate surface area is 99.6 Å². The Balaban J connectivity index is 2.22. The lowest BCUT2D eigenvalue weighted by molar-refractivity contribution is 0.0784. The minimum atomic E-state index is 0.158. The highest BCUT2D eigenvalue weighted by atomic mass is 16.5. The Morgan fingerprint density at radius 2 is 2.00 bits per heavy atom. The van der Waals surface area contributed by atoms with Gasteiger partial charge in [0.05, 0.1) is 0 Å². The van der Waals surface area contributed by atoms with Crippen LogP contribution in [-0.2, 0) is 4.74 Å². The van der Waals surface area contributed by atoms with Crippen LogP contribution in [0, 0.1) is 11.3 Å². The third-order valence-electron chi connectivity index (χ3n) is 3.69. The predicted octanol–water partition coefficient (Wildman–Crippen LogP) is 1.80. The summed E-state index contributed by atoms with van der Waals surface area (Å²) in [6, 6.07) is 0. The standard InChI is InChI=1S/C13H27NO2/c1-12(9-16-2)8-14-10-13(11-15)6-4-3-5-7-13/h12,14-15H,3-11H2,1-2H3. The first-order chi connectivity index (χ1) is 7.72. The first kappa shape index (κ1) is 13.9. The van der Waals surface area contributed by atoms with Crippen LogP contribution in [0.2, 0.25) is 0 Å². The smallest absolute Gasteiger partial charge is 0.0499 e. The van der Waals surface area contributed by atoms with Crippen molar-refractivity contribution in [3.63, 3.8) is 0 Å². The Hall–Kier alpha value is -0.120. The van der Waals surface area contributed by atoms with E-state index in [0.717, 1.165) is 19.7 Å². The molecule has 1 aliphatic rings. The van der Waals surface area contributed by atoms with Crippen LogP contribution in [0.25, 0.3) is 0 Å². The third-order valence-corrected chi connectivity index (χ3v) is 3.69. The number of hydrogen-bond acceptors (Lipinski definition) is 3. The number of methoxy groups -OCH3 is 1. The average Bonchev–Trinajstić information content (AvgIpc) is 2.31. The Morgan fingerprint density at radius 3 is 2.56 bits per heavy atom. The second-order valence-corrected chi connectivity index (χ2v) is 5.41. The van der Waals surface area contributed by atoms with Crippen molar-refractivity contribution >= 4 is 0 Å². The maximum absolute atomic E-state index is 9.55. The predicted molar refractivity (Wildman–Crippen MR) is 66.5 cm³/mol. The van der Waals surface area contributed by atoms with E-state index in [-0.39, 0.29) is 5.41 Å². The van der Waals surface area contributed by atoms with Gasteiger partial charge in [-0.15, -0.1) is 0 Å². The molecule has 16 heavy (non-hydrogen) atoms. The van der Waals surface area contributed by atoms with E-state index in [1.807, 2.05) is 0 Å². The summed E-state index contributed by atoms with van der Waals surface area (Å²) in [6.07, 6.45) is 6.23. The molecule has 2 N–H and O–H groups in total. The largest absolute Gasteiger partial charge is 0.396 e. The van der Waals surface area contributed by atoms with Crippen molar-refractivity contribution in [3.05, 3.63) is 0 Å². The van der Waals surface area contributed by atoms with Gasteiger partial charge in [-0.2, -0.15) is 0 Å². The van der Waals surface area contributed by atoms with Crippen molar-refractivity contribution in [2.24, 2.45) is 11.3 Å². The maximum atomic E-state index is 9.55. The van der Waals surface area contributed by atoms with E-state index in [4.69, 9.17) is 4.74 Å². The van der Waals surface area contributed by atoms with Gasteiger partial charge in [0, 0.05) is 32.3 Å². The van der Waals surface area contributed by atoms with Gasteiger partial charge in [0.2, 0.25) is 0 Å². The summed E-state index contributed by atoms with van der Waals surface area (Å²) in [5.74, 6) is 0.546. The molecule has 3 nitrogen and oxygen atoms in total. The zero-order chi connectivity index (χ0) is 11.9. The molecule has 1 fully saturated rings. The lowest BCUT2D eigenvalue weighted by Gasteiger charge is -2.36. The normalized spacial score (nSPS) is 21.9. The molecule has 3 heteroatoms. The molecular formula is C13H27NO2. The molecule has 0 saturated heterocycles. The molecule has 1 rings (SSSR count). The van der Waals surface area contributed by atoms with Crippen molar-refractivity contribution < 1.29 is 9.84 Å². The van der Waals surface area contributed by atoms with Crippen molar-refractivity contribution in [1.29, 1.82) is 0 Å². The highest BCUT2D eigenvalue weighted by molar-refractivity contribution is 4.84. The van der Waals surface area contributed by atoms with E-state index >= 15 is 0 Å². The Morgan fingerprint density at radius 1 is 1.31 bits per heavy atom. The number of hydrogen-bond donors (Lipinski definition) is 2. The van der Waals surface area contributed by atoms with Crippen LogP contribution in [0.4, 0.5) is 0 Å². The van der Waals surface area contributed by atoms with Crippen LogP contribution < -0.4 is 5.32 Å². The molecular weight excluding hydrogens is 202 g/mol. The molecule has 0 aromatic rings. The number of nitrogens with one attached hydrogen (secondary N) is 1. The second kappa shape index (κ2) is 7.25. The summed E-state index contributed by atoms with van der Waals surface area (Å²) >= 11 is 0. The minimum Gasteiger partial charge on any atom is -0.396 e. The number of rotatable bonds is 7. The van der Waals surface area contributed by atoms with Crippen LogP contribution in [-0.4, -0.2) is 38.5 Å². The summed E-state index contributed by atoms with van der Waals surface area (Å²) in [5, 5.41) is 13.0. The number of ether oxygens (including phenoxy) is 1. The van der Waals surface area contributed by atoms with Gasteiger partial charge in [-0.1, -0.05) is 26.2 Å². The van der Waals surface area contributed by atoms with Gasteiger partial charge in [0.25, 0.3) is 0 Å². The topological polar surface area (TPSA) is 41.5 Å². The van der Waals surface area contributed by atoms with Crippen LogP contribution in [0.3, 0.4) is 0 Å². The fourth-order valence-electron chi connectivity index (χ4n) is 2.62. The van der Waals surface area contributed by atoms with Gasteiger partial charge in [0.15, 0.2) is 0 Å². The zero-order valence-electron chi connectivity index (χ0n) is 10.8. The van der Waals surface area contributed by atoms with Crippen LogP contribution in [0.15, 0.2) is 0 Å². The van der Waals surface area contributed by atoms with Gasteiger partial charge < -0.3 is 15.2 Å². The lowest BCUT2D eigenvalue weighted by atomic mass is 9.74. The molecule has 0 aliphatic heterocycles. The van der Waals surface area contributed by atoms with Crippen molar-refractivity contribution in [2.45, 2.75) is 39.0 Å². The van der Waals surface area contributed by atoms with Gasteiger partial charge >= 0.3 is 0 Å². The van der Waals surface area contributed by atoms with Gasteiger partial charge in [0.1, 0.15) is 0 Å². The third kappa shape index (κ3) is 4.40. The molecule has 0 bridgehead atoms. The minimum absolute atomic E-state index is 0.158. The highest BCUT2D eigenvalue weighted by Crippen LogP contribution is 2.35. The van der Waals surface area contributed by atoms with Crippen molar-refractivity contribution in [2.75, 3.05) is 33.4 Å². The highest BCUT2D eigenvalue weighted by Gasteiger charge is 2.30. The molecule has 1 aliphatic carbocycles. The summed E-state index contributed by atoms with van der Waals surface area (Å²) in [5.41, 5.74) is 0.158. The molecule has 0 aromatic heterocycles. The molecule has 0 spiro atoms. The molecule has 96 valence electrons. The fourth-order valence-corrected chi connectivity index (χ4v) is 2.62. The molecule has 0 aromatic carbocycles. The van der Waals surface area contributed by atoms with Crippen LogP contribution in [0.5, 0.6) is 0 Å². The number of aliphatic hydroxyl groups excluding tert-OH is 1. The van der Waals surface area contributed by atoms with E-state index in [0.29, 0.717) is 12.5 Å². The summed E-state index contributed by atoms with van der Waals surface area (Å²) < 4.78 is 5.11. The monoisotopic (exact) mass is 229 g/mol. The fraction of sp³-hybridized carbons (Fsp3) is 1.00. The summed E-state index contributed by atoms with van der Waals surface area (Å²) in [7, 11) is 1.74. The zero-order valence-corrected chi connectivity index (χ0v) is 10.8. The van der Waals surface area contributed by atoms with Crippen molar-refractivity contribution in [3.8, 4) is 0 Å². The Kier molecular flexibility index (Phi) is 6.32. The maximum Gasteiger partial charge on any atom is 0.0499 e. The van der Waals surface area contributed by atoms with Crippen LogP contribution >= 0.6 is 0 Å². The molecule has 1 saturated carbocycles. The molecule has 1 unspecified atom stereocenters. The van der Waals surface area contributed by atoms with Crippen molar-refractivity contribution in [1.82, 2.24) is 5.32 Å². The molecule has 1 atom stereocenters. The summed E-state index contributed by atoms with van der Waals surface area (Å²) in [6.45, 7) is 5.26. The number of aliphatic hydroxyl groups is 1. The van der Waals surface area contributed by atoms with Gasteiger partial charge in [-0.05, 0) is 25.3 Å². The lowest BCUT2D eigenvalue weighted by Crippen LogP contribution is -2.40. The van der Waals surface area contributed by atoms with E-state index in [2.05, 4.69) is 12.2 Å². The molecule has 0 heterocycles. The van der Waals surface area contributed by atoms with E-state index in [9.17, 15) is 5.11 Å². The quantitative estimate of drug-likeness (QED) is 0.699. The molecule has 0 radical (unpaired) electrons. The SMILES string of the molecule is COCC(C)CNCC1(CO)CCCCC1. The average molecular weight is 229 g/mol. The van der Waals surface area contributed by atoms with Gasteiger partial charge in [-0.3, -0.25) is 0 Å². The van der Waals surface area contributed by atoms with E-state index < -0.39 is 0 Å². The first-order valence-electron chi connectivity index (χ1n) is 6.53. The van der Waals surface area contributed by atoms with Crippen LogP contribution in [0.1, 0.15) is 39.0 Å². The van der Waals surface area contributed by atoms with Gasteiger partial charge in [-0.25, -0.2) is 0 Å². The Bertz CT molecular complexity index is 179. The molecule has 0 amide bonds. The van der Waals surface area contributed by atoms with E-state index in [1.54, 1.807) is 7.11 Å². The van der Waals surface area contributed by atoms with E-state index in [1.165, 1.54) is 32.1 Å². The summed E-state index contributed by atoms with van der Waals surface area (Å²) in [4.78, 5) is 0. The first-order valence-corrected chi connectivity index (χ1v) is 6.53. The second-order valence-electron chi connectivity index (χ2n) is 5.41.